The molecule has 0 aliphatic heterocycles. The van der Waals surface area contributed by atoms with E-state index in [9.17, 15) is 5.11 Å². The molecule has 1 rings (SSSR count). The van der Waals surface area contributed by atoms with Gasteiger partial charge in [0.1, 0.15) is 0 Å². The summed E-state index contributed by atoms with van der Waals surface area (Å²) in [6, 6.07) is 7.67. The van der Waals surface area contributed by atoms with Crippen LogP contribution in [-0.2, 0) is 6.42 Å². The highest BCUT2D eigenvalue weighted by Gasteiger charge is 1.99. The summed E-state index contributed by atoms with van der Waals surface area (Å²) in [5.41, 5.74) is 1.15. The Hall–Kier alpha value is -0.790. The third kappa shape index (κ3) is 3.62. The minimum absolute atomic E-state index is 0.418. The van der Waals surface area contributed by atoms with Gasteiger partial charge in [0.25, 0.3) is 0 Å². The monoisotopic (exact) mass is 196 g/mol. The van der Waals surface area contributed by atoms with Crippen LogP contribution in [-0.4, -0.2) is 11.2 Å². The van der Waals surface area contributed by atoms with E-state index < -0.39 is 6.10 Å². The summed E-state index contributed by atoms with van der Waals surface area (Å²) < 4.78 is 0. The Labute approximate surface area is 83.7 Å². The van der Waals surface area contributed by atoms with Gasteiger partial charge in [-0.15, -0.1) is 6.58 Å². The van der Waals surface area contributed by atoms with Gasteiger partial charge in [-0.2, -0.15) is 0 Å². The molecule has 0 fully saturated rings. The van der Waals surface area contributed by atoms with Crippen LogP contribution in [0.4, 0.5) is 0 Å². The number of aliphatic hydroxyl groups is 1. The maximum Gasteiger partial charge on any atom is 0.0721 e. The maximum atomic E-state index is 9.24. The molecule has 0 aliphatic carbocycles. The van der Waals surface area contributed by atoms with E-state index in [-0.39, 0.29) is 0 Å². The second kappa shape index (κ2) is 5.05. The molecule has 13 heavy (non-hydrogen) atoms. The maximum absolute atomic E-state index is 9.24. The summed E-state index contributed by atoms with van der Waals surface area (Å²) in [5, 5.41) is 9.98. The lowest BCUT2D eigenvalue weighted by atomic mass is 10.1. The van der Waals surface area contributed by atoms with Gasteiger partial charge in [-0.25, -0.2) is 0 Å². The van der Waals surface area contributed by atoms with Gasteiger partial charge >= 0.3 is 0 Å². The highest BCUT2D eigenvalue weighted by molar-refractivity contribution is 6.30. The highest BCUT2D eigenvalue weighted by Crippen LogP contribution is 2.12. The third-order valence-electron chi connectivity index (χ3n) is 1.89. The molecule has 0 saturated heterocycles. The standard InChI is InChI=1S/C11H13ClO/c1-2-11(13)7-6-9-4-3-5-10(12)8-9/h2-5,8,11,13H,1,6-7H2. The van der Waals surface area contributed by atoms with E-state index in [0.717, 1.165) is 17.0 Å². The summed E-state index contributed by atoms with van der Waals surface area (Å²) in [6.45, 7) is 3.51. The quantitative estimate of drug-likeness (QED) is 0.735. The van der Waals surface area contributed by atoms with Gasteiger partial charge in [0.15, 0.2) is 0 Å². The Bertz CT molecular complexity index is 283. The van der Waals surface area contributed by atoms with Crippen molar-refractivity contribution < 1.29 is 5.11 Å². The average molecular weight is 197 g/mol. The van der Waals surface area contributed by atoms with E-state index in [1.165, 1.54) is 0 Å². The van der Waals surface area contributed by atoms with Crippen molar-refractivity contribution in [2.75, 3.05) is 0 Å². The van der Waals surface area contributed by atoms with E-state index >= 15 is 0 Å². The topological polar surface area (TPSA) is 20.2 Å². The van der Waals surface area contributed by atoms with Crippen molar-refractivity contribution in [1.82, 2.24) is 0 Å². The smallest absolute Gasteiger partial charge is 0.0721 e. The van der Waals surface area contributed by atoms with E-state index in [0.29, 0.717) is 6.42 Å². The Morgan fingerprint density at radius 3 is 2.92 bits per heavy atom. The Morgan fingerprint density at radius 1 is 1.54 bits per heavy atom. The fourth-order valence-corrected chi connectivity index (χ4v) is 1.34. The van der Waals surface area contributed by atoms with Gasteiger partial charge in [-0.05, 0) is 30.5 Å². The van der Waals surface area contributed by atoms with Crippen LogP contribution in [0.3, 0.4) is 0 Å². The van der Waals surface area contributed by atoms with E-state index in [4.69, 9.17) is 11.6 Å². The van der Waals surface area contributed by atoms with Crippen LogP contribution in [0.25, 0.3) is 0 Å². The number of hydrogen-bond donors (Lipinski definition) is 1. The average Bonchev–Trinajstić information content (AvgIpc) is 2.14. The summed E-state index contributed by atoms with van der Waals surface area (Å²) in [4.78, 5) is 0. The third-order valence-corrected chi connectivity index (χ3v) is 2.12. The molecule has 70 valence electrons. The molecule has 0 aromatic heterocycles. The highest BCUT2D eigenvalue weighted by atomic mass is 35.5. The van der Waals surface area contributed by atoms with E-state index in [1.54, 1.807) is 6.08 Å². The molecular weight excluding hydrogens is 184 g/mol. The number of aryl methyl sites for hydroxylation is 1. The lowest BCUT2D eigenvalue weighted by Gasteiger charge is -2.04. The van der Waals surface area contributed by atoms with Crippen LogP contribution >= 0.6 is 11.6 Å². The molecule has 0 amide bonds. The van der Waals surface area contributed by atoms with Crippen LogP contribution in [0.1, 0.15) is 12.0 Å². The minimum atomic E-state index is -0.418. The molecule has 2 heteroatoms. The van der Waals surface area contributed by atoms with Crippen LogP contribution in [0.2, 0.25) is 5.02 Å². The lowest BCUT2D eigenvalue weighted by Crippen LogP contribution is -2.02. The van der Waals surface area contributed by atoms with Gasteiger partial charge < -0.3 is 5.11 Å². The Balaban J connectivity index is 2.49. The predicted molar refractivity (Wildman–Crippen MR) is 56.0 cm³/mol. The molecule has 0 heterocycles. The van der Waals surface area contributed by atoms with Gasteiger partial charge in [0.2, 0.25) is 0 Å². The number of hydrogen-bond acceptors (Lipinski definition) is 1. The number of halogens is 1. The predicted octanol–water partition coefficient (Wildman–Crippen LogP) is 2.82. The molecule has 0 spiro atoms. The van der Waals surface area contributed by atoms with Crippen LogP contribution in [0.5, 0.6) is 0 Å². The molecule has 0 radical (unpaired) electrons. The first kappa shape index (κ1) is 10.3. The first-order chi connectivity index (χ1) is 6.22. The molecule has 1 aromatic carbocycles. The second-order valence-corrected chi connectivity index (χ2v) is 3.41. The lowest BCUT2D eigenvalue weighted by molar-refractivity contribution is 0.213. The van der Waals surface area contributed by atoms with Crippen LogP contribution in [0.15, 0.2) is 36.9 Å². The summed E-state index contributed by atoms with van der Waals surface area (Å²) in [5.74, 6) is 0. The van der Waals surface area contributed by atoms with E-state index in [2.05, 4.69) is 6.58 Å². The first-order valence-corrected chi connectivity index (χ1v) is 4.65. The SMILES string of the molecule is C=CC(O)CCc1cccc(Cl)c1. The molecule has 0 aliphatic rings. The molecular formula is C11H13ClO. The Kier molecular flexibility index (Phi) is 4.00. The van der Waals surface area contributed by atoms with Crippen molar-refractivity contribution in [1.29, 1.82) is 0 Å². The zero-order valence-electron chi connectivity index (χ0n) is 7.41. The second-order valence-electron chi connectivity index (χ2n) is 2.97. The van der Waals surface area contributed by atoms with E-state index in [1.807, 2.05) is 24.3 Å². The Morgan fingerprint density at radius 2 is 2.31 bits per heavy atom. The fraction of sp³-hybridized carbons (Fsp3) is 0.273. The zero-order valence-corrected chi connectivity index (χ0v) is 8.17. The summed E-state index contributed by atoms with van der Waals surface area (Å²) in [6.07, 6.45) is 2.65. The van der Waals surface area contributed by atoms with Crippen molar-refractivity contribution in [3.8, 4) is 0 Å². The normalized spacial score (nSPS) is 12.5. The molecule has 1 unspecified atom stereocenters. The molecule has 1 atom stereocenters. The van der Waals surface area contributed by atoms with Gasteiger partial charge in [0, 0.05) is 5.02 Å². The van der Waals surface area contributed by atoms with Crippen LogP contribution < -0.4 is 0 Å². The molecule has 0 bridgehead atoms. The van der Waals surface area contributed by atoms with Gasteiger partial charge in [0.05, 0.1) is 6.10 Å². The summed E-state index contributed by atoms with van der Waals surface area (Å²) in [7, 11) is 0. The number of rotatable bonds is 4. The number of benzene rings is 1. The van der Waals surface area contributed by atoms with Crippen molar-refractivity contribution >= 4 is 11.6 Å². The van der Waals surface area contributed by atoms with Crippen LogP contribution in [0, 0.1) is 0 Å². The largest absolute Gasteiger partial charge is 0.389 e. The van der Waals surface area contributed by atoms with Crippen molar-refractivity contribution in [3.05, 3.63) is 47.5 Å². The van der Waals surface area contributed by atoms with Gasteiger partial charge in [-0.1, -0.05) is 29.8 Å². The van der Waals surface area contributed by atoms with Crippen molar-refractivity contribution in [3.63, 3.8) is 0 Å². The molecule has 1 aromatic rings. The van der Waals surface area contributed by atoms with Gasteiger partial charge in [-0.3, -0.25) is 0 Å². The van der Waals surface area contributed by atoms with Crippen molar-refractivity contribution in [2.24, 2.45) is 0 Å². The number of aliphatic hydroxyl groups excluding tert-OH is 1. The summed E-state index contributed by atoms with van der Waals surface area (Å²) >= 11 is 5.81. The zero-order chi connectivity index (χ0) is 9.68. The molecule has 1 nitrogen and oxygen atoms in total. The molecule has 0 saturated carbocycles. The fourth-order valence-electron chi connectivity index (χ4n) is 1.12. The van der Waals surface area contributed by atoms with Crippen molar-refractivity contribution in [2.45, 2.75) is 18.9 Å². The molecule has 1 N–H and O–H groups in total. The minimum Gasteiger partial charge on any atom is -0.389 e. The first-order valence-electron chi connectivity index (χ1n) is 4.27.